The molecule has 0 bridgehead atoms. The number of rotatable bonds is 1. The summed E-state index contributed by atoms with van der Waals surface area (Å²) in [6, 6.07) is 4.91. The van der Waals surface area contributed by atoms with Crippen molar-refractivity contribution in [3.63, 3.8) is 0 Å². The number of nitrogens with one attached hydrogen (secondary N) is 1. The van der Waals surface area contributed by atoms with Crippen LogP contribution in [0.4, 0.5) is 5.69 Å². The molecule has 4 nitrogen and oxygen atoms in total. The van der Waals surface area contributed by atoms with E-state index in [4.69, 9.17) is 22.4 Å². The number of halogens is 1. The Morgan fingerprint density at radius 3 is 2.93 bits per heavy atom. The maximum Gasteiger partial charge on any atom is 0.251 e. The van der Waals surface area contributed by atoms with Gasteiger partial charge in [-0.15, -0.1) is 0 Å². The zero-order valence-electron chi connectivity index (χ0n) is 7.25. The van der Waals surface area contributed by atoms with E-state index in [1.807, 2.05) is 0 Å². The maximum absolute atomic E-state index is 11.5. The minimum atomic E-state index is -1.36. The molecule has 1 aliphatic rings. The quantitative estimate of drug-likeness (QED) is 0.632. The van der Waals surface area contributed by atoms with Gasteiger partial charge in [0.05, 0.1) is 6.61 Å². The minimum absolute atomic E-state index is 0.405. The second-order valence-electron chi connectivity index (χ2n) is 3.27. The van der Waals surface area contributed by atoms with Crippen LogP contribution in [0.3, 0.4) is 0 Å². The average Bonchev–Trinajstić information content (AvgIpc) is 2.41. The van der Waals surface area contributed by atoms with Crippen LogP contribution in [-0.2, 0) is 10.3 Å². The van der Waals surface area contributed by atoms with Gasteiger partial charge in [0, 0.05) is 16.3 Å². The standard InChI is InChI=1S/C9H9ClN2O2/c10-5-1-2-7-6(3-5)9(11,4-13)8(14)12-7/h1-3,13H,4,11H2,(H,12,14). The minimum Gasteiger partial charge on any atom is -0.394 e. The van der Waals surface area contributed by atoms with E-state index >= 15 is 0 Å². The SMILES string of the molecule is NC1(CO)C(=O)Nc2ccc(Cl)cc21. The normalized spacial score (nSPS) is 24.6. The van der Waals surface area contributed by atoms with E-state index in [9.17, 15) is 4.79 Å². The summed E-state index contributed by atoms with van der Waals surface area (Å²) in [5.74, 6) is -0.405. The highest BCUT2D eigenvalue weighted by atomic mass is 35.5. The van der Waals surface area contributed by atoms with Gasteiger partial charge in [0.15, 0.2) is 0 Å². The highest BCUT2D eigenvalue weighted by molar-refractivity contribution is 6.31. The Balaban J connectivity index is 2.61. The van der Waals surface area contributed by atoms with Gasteiger partial charge in [-0.3, -0.25) is 4.79 Å². The van der Waals surface area contributed by atoms with Crippen molar-refractivity contribution in [1.82, 2.24) is 0 Å². The number of nitrogens with two attached hydrogens (primary N) is 1. The van der Waals surface area contributed by atoms with Crippen LogP contribution < -0.4 is 11.1 Å². The summed E-state index contributed by atoms with van der Waals surface area (Å²) in [7, 11) is 0. The summed E-state index contributed by atoms with van der Waals surface area (Å²) in [4.78, 5) is 11.5. The molecular weight excluding hydrogens is 204 g/mol. The fraction of sp³-hybridized carbons (Fsp3) is 0.222. The highest BCUT2D eigenvalue weighted by Gasteiger charge is 2.43. The number of amides is 1. The van der Waals surface area contributed by atoms with Crippen LogP contribution in [-0.4, -0.2) is 17.6 Å². The van der Waals surface area contributed by atoms with E-state index in [0.29, 0.717) is 16.3 Å². The second kappa shape index (κ2) is 2.95. The van der Waals surface area contributed by atoms with Crippen molar-refractivity contribution in [1.29, 1.82) is 0 Å². The van der Waals surface area contributed by atoms with Gasteiger partial charge in [0.2, 0.25) is 0 Å². The molecule has 74 valence electrons. The molecule has 0 saturated heterocycles. The van der Waals surface area contributed by atoms with Crippen molar-refractivity contribution in [2.24, 2.45) is 5.73 Å². The van der Waals surface area contributed by atoms with Crippen LogP contribution in [0, 0.1) is 0 Å². The van der Waals surface area contributed by atoms with Gasteiger partial charge in [-0.25, -0.2) is 0 Å². The first-order chi connectivity index (χ1) is 6.58. The zero-order chi connectivity index (χ0) is 10.3. The Bertz CT molecular complexity index is 408. The number of fused-ring (bicyclic) bond motifs is 1. The van der Waals surface area contributed by atoms with E-state index in [1.54, 1.807) is 18.2 Å². The molecule has 1 amide bonds. The lowest BCUT2D eigenvalue weighted by Crippen LogP contribution is -2.46. The molecule has 0 aromatic heterocycles. The van der Waals surface area contributed by atoms with Crippen LogP contribution in [0.25, 0.3) is 0 Å². The van der Waals surface area contributed by atoms with Crippen molar-refractivity contribution < 1.29 is 9.90 Å². The van der Waals surface area contributed by atoms with E-state index < -0.39 is 18.1 Å². The maximum atomic E-state index is 11.5. The Morgan fingerprint density at radius 1 is 1.57 bits per heavy atom. The van der Waals surface area contributed by atoms with Crippen LogP contribution in [0.15, 0.2) is 18.2 Å². The topological polar surface area (TPSA) is 75.3 Å². The molecule has 1 aromatic rings. The predicted octanol–water partition coefficient (Wildman–Crippen LogP) is 0.438. The summed E-state index contributed by atoms with van der Waals surface area (Å²) in [6.07, 6.45) is 0. The zero-order valence-corrected chi connectivity index (χ0v) is 8.01. The molecule has 1 aromatic carbocycles. The number of anilines is 1. The van der Waals surface area contributed by atoms with Crippen molar-refractivity contribution in [2.75, 3.05) is 11.9 Å². The Labute approximate surface area is 85.7 Å². The Kier molecular flexibility index (Phi) is 1.99. The summed E-state index contributed by atoms with van der Waals surface area (Å²) in [6.45, 7) is -0.438. The number of aliphatic hydroxyl groups excluding tert-OH is 1. The van der Waals surface area contributed by atoms with Crippen molar-refractivity contribution in [3.05, 3.63) is 28.8 Å². The molecule has 1 atom stereocenters. The number of hydrogen-bond acceptors (Lipinski definition) is 3. The molecule has 0 fully saturated rings. The van der Waals surface area contributed by atoms with Gasteiger partial charge in [-0.2, -0.15) is 0 Å². The lowest BCUT2D eigenvalue weighted by atomic mass is 9.94. The monoisotopic (exact) mass is 212 g/mol. The fourth-order valence-corrected chi connectivity index (χ4v) is 1.68. The average molecular weight is 213 g/mol. The molecule has 2 rings (SSSR count). The number of hydrogen-bond donors (Lipinski definition) is 3. The van der Waals surface area contributed by atoms with Crippen LogP contribution in [0.1, 0.15) is 5.56 Å². The van der Waals surface area contributed by atoms with Crippen molar-refractivity contribution in [2.45, 2.75) is 5.54 Å². The molecule has 0 saturated carbocycles. The molecule has 0 aliphatic carbocycles. The molecule has 0 spiro atoms. The van der Waals surface area contributed by atoms with Crippen molar-refractivity contribution >= 4 is 23.2 Å². The van der Waals surface area contributed by atoms with E-state index in [2.05, 4.69) is 5.32 Å². The largest absolute Gasteiger partial charge is 0.394 e. The van der Waals surface area contributed by atoms with Crippen LogP contribution >= 0.6 is 11.6 Å². The number of benzene rings is 1. The van der Waals surface area contributed by atoms with E-state index in [0.717, 1.165) is 0 Å². The first-order valence-electron chi connectivity index (χ1n) is 4.09. The molecule has 1 aliphatic heterocycles. The van der Waals surface area contributed by atoms with Crippen molar-refractivity contribution in [3.8, 4) is 0 Å². The predicted molar refractivity (Wildman–Crippen MR) is 53.0 cm³/mol. The summed E-state index contributed by atoms with van der Waals surface area (Å²) < 4.78 is 0. The lowest BCUT2D eigenvalue weighted by molar-refractivity contribution is -0.122. The highest BCUT2D eigenvalue weighted by Crippen LogP contribution is 2.35. The van der Waals surface area contributed by atoms with Crippen LogP contribution in [0.5, 0.6) is 0 Å². The second-order valence-corrected chi connectivity index (χ2v) is 3.71. The van der Waals surface area contributed by atoms with Crippen LogP contribution in [0.2, 0.25) is 5.02 Å². The molecule has 14 heavy (non-hydrogen) atoms. The third kappa shape index (κ3) is 1.12. The number of carbonyl (C=O) groups is 1. The molecule has 1 heterocycles. The van der Waals surface area contributed by atoms with E-state index in [-0.39, 0.29) is 0 Å². The molecule has 0 radical (unpaired) electrons. The van der Waals surface area contributed by atoms with Gasteiger partial charge < -0.3 is 16.2 Å². The smallest absolute Gasteiger partial charge is 0.251 e. The molecule has 5 heteroatoms. The third-order valence-corrected chi connectivity index (χ3v) is 2.60. The fourth-order valence-electron chi connectivity index (χ4n) is 1.51. The first kappa shape index (κ1) is 9.45. The Hall–Kier alpha value is -1.10. The van der Waals surface area contributed by atoms with Gasteiger partial charge in [-0.05, 0) is 18.2 Å². The van der Waals surface area contributed by atoms with Gasteiger partial charge in [-0.1, -0.05) is 11.6 Å². The van der Waals surface area contributed by atoms with Gasteiger partial charge >= 0.3 is 0 Å². The first-order valence-corrected chi connectivity index (χ1v) is 4.47. The molecule has 4 N–H and O–H groups in total. The molecule has 1 unspecified atom stereocenters. The molecular formula is C9H9ClN2O2. The van der Waals surface area contributed by atoms with Gasteiger partial charge in [0.1, 0.15) is 5.54 Å². The summed E-state index contributed by atoms with van der Waals surface area (Å²) in [5.41, 5.74) is 5.55. The van der Waals surface area contributed by atoms with Gasteiger partial charge in [0.25, 0.3) is 5.91 Å². The van der Waals surface area contributed by atoms with E-state index in [1.165, 1.54) is 0 Å². The Morgan fingerprint density at radius 2 is 2.29 bits per heavy atom. The number of aliphatic hydroxyl groups is 1. The number of carbonyl (C=O) groups excluding carboxylic acids is 1. The third-order valence-electron chi connectivity index (χ3n) is 2.37. The summed E-state index contributed by atoms with van der Waals surface area (Å²) in [5, 5.41) is 12.2. The lowest BCUT2D eigenvalue weighted by Gasteiger charge is -2.18. The summed E-state index contributed by atoms with van der Waals surface area (Å²) >= 11 is 5.78.